The summed E-state index contributed by atoms with van der Waals surface area (Å²) in [6.45, 7) is 1.22. The molecule has 0 fully saturated rings. The van der Waals surface area contributed by atoms with Gasteiger partial charge in [-0.25, -0.2) is 0 Å². The van der Waals surface area contributed by atoms with Gasteiger partial charge in [0.15, 0.2) is 11.5 Å². The number of unbranched alkanes of at least 4 members (excludes halogenated alkanes) is 1. The number of methoxy groups -OCH3 is 3. The first kappa shape index (κ1) is 19.3. The van der Waals surface area contributed by atoms with Gasteiger partial charge >= 0.3 is 0 Å². The van der Waals surface area contributed by atoms with E-state index in [9.17, 15) is 4.79 Å². The molecule has 0 bridgehead atoms. The Balaban J connectivity index is 0.00000400. The lowest BCUT2D eigenvalue weighted by Crippen LogP contribution is -2.25. The molecule has 120 valence electrons. The molecule has 1 aromatic carbocycles. The van der Waals surface area contributed by atoms with Crippen molar-refractivity contribution in [1.29, 1.82) is 0 Å². The van der Waals surface area contributed by atoms with Crippen molar-refractivity contribution in [2.24, 2.45) is 5.73 Å². The number of rotatable bonds is 8. The van der Waals surface area contributed by atoms with Gasteiger partial charge < -0.3 is 25.3 Å². The minimum absolute atomic E-state index is 0. The Bertz CT molecular complexity index is 430. The molecule has 0 saturated carbocycles. The fourth-order valence-corrected chi connectivity index (χ4v) is 1.79. The second-order valence-corrected chi connectivity index (χ2v) is 4.17. The zero-order valence-corrected chi connectivity index (χ0v) is 13.4. The summed E-state index contributed by atoms with van der Waals surface area (Å²) >= 11 is 0. The third kappa shape index (κ3) is 5.32. The monoisotopic (exact) mass is 318 g/mol. The summed E-state index contributed by atoms with van der Waals surface area (Å²) in [7, 11) is 4.55. The van der Waals surface area contributed by atoms with Crippen molar-refractivity contribution in [1.82, 2.24) is 5.32 Å². The fourth-order valence-electron chi connectivity index (χ4n) is 1.79. The summed E-state index contributed by atoms with van der Waals surface area (Å²) in [6.07, 6.45) is 1.74. The molecule has 0 aromatic heterocycles. The number of hydrogen-bond donors (Lipinski definition) is 2. The van der Waals surface area contributed by atoms with Crippen molar-refractivity contribution >= 4 is 18.3 Å². The molecule has 1 rings (SSSR count). The van der Waals surface area contributed by atoms with Gasteiger partial charge in [0.05, 0.1) is 21.3 Å². The highest BCUT2D eigenvalue weighted by Gasteiger charge is 2.16. The second kappa shape index (κ2) is 10.1. The molecule has 0 saturated heterocycles. The molecule has 6 nitrogen and oxygen atoms in total. The number of amides is 1. The van der Waals surface area contributed by atoms with Crippen LogP contribution in [0.1, 0.15) is 23.2 Å². The molecule has 1 amide bonds. The van der Waals surface area contributed by atoms with Crippen LogP contribution in [0.2, 0.25) is 0 Å². The van der Waals surface area contributed by atoms with Gasteiger partial charge in [0.25, 0.3) is 5.91 Å². The first-order valence-corrected chi connectivity index (χ1v) is 6.46. The Morgan fingerprint density at radius 3 is 2.10 bits per heavy atom. The molecule has 0 heterocycles. The summed E-state index contributed by atoms with van der Waals surface area (Å²) in [4.78, 5) is 12.0. The average molecular weight is 319 g/mol. The maximum Gasteiger partial charge on any atom is 0.251 e. The topological polar surface area (TPSA) is 82.8 Å². The minimum atomic E-state index is -0.179. The number of ether oxygens (including phenoxy) is 3. The van der Waals surface area contributed by atoms with Crippen LogP contribution < -0.4 is 25.3 Å². The third-order valence-electron chi connectivity index (χ3n) is 2.84. The number of nitrogens with two attached hydrogens (primary N) is 1. The van der Waals surface area contributed by atoms with Gasteiger partial charge in [-0.2, -0.15) is 0 Å². The lowest BCUT2D eigenvalue weighted by molar-refractivity contribution is 0.0952. The standard InChI is InChI=1S/C14H22N2O4.ClH/c1-18-11-8-10(9-12(19-2)13(11)20-3)14(17)16-7-5-4-6-15;/h8-9H,4-7,15H2,1-3H3,(H,16,17);1H. The van der Waals surface area contributed by atoms with Gasteiger partial charge in [0.1, 0.15) is 0 Å². The van der Waals surface area contributed by atoms with Crippen molar-refractivity contribution < 1.29 is 19.0 Å². The predicted octanol–water partition coefficient (Wildman–Crippen LogP) is 1.60. The maximum absolute atomic E-state index is 12.0. The molecule has 1 aromatic rings. The third-order valence-corrected chi connectivity index (χ3v) is 2.84. The number of halogens is 1. The molecule has 0 radical (unpaired) electrons. The predicted molar refractivity (Wildman–Crippen MR) is 84.0 cm³/mol. The number of hydrogen-bond acceptors (Lipinski definition) is 5. The molecule has 7 heteroatoms. The Morgan fingerprint density at radius 2 is 1.67 bits per heavy atom. The van der Waals surface area contributed by atoms with Crippen LogP contribution in [0, 0.1) is 0 Å². The molecule has 0 aliphatic heterocycles. The van der Waals surface area contributed by atoms with Crippen LogP contribution in [0.25, 0.3) is 0 Å². The van der Waals surface area contributed by atoms with Gasteiger partial charge in [-0.3, -0.25) is 4.79 Å². The van der Waals surface area contributed by atoms with Crippen molar-refractivity contribution in [2.45, 2.75) is 12.8 Å². The van der Waals surface area contributed by atoms with Gasteiger partial charge in [0.2, 0.25) is 5.75 Å². The lowest BCUT2D eigenvalue weighted by Gasteiger charge is -2.14. The Morgan fingerprint density at radius 1 is 1.10 bits per heavy atom. The summed E-state index contributed by atoms with van der Waals surface area (Å²) in [5.41, 5.74) is 5.87. The summed E-state index contributed by atoms with van der Waals surface area (Å²) < 4.78 is 15.6. The summed E-state index contributed by atoms with van der Waals surface area (Å²) in [5, 5.41) is 2.83. The van der Waals surface area contributed by atoms with E-state index in [1.54, 1.807) is 12.1 Å². The molecule has 21 heavy (non-hydrogen) atoms. The van der Waals surface area contributed by atoms with Crippen LogP contribution in [0.4, 0.5) is 0 Å². The van der Waals surface area contributed by atoms with E-state index in [2.05, 4.69) is 5.32 Å². The Labute approximate surface area is 131 Å². The highest BCUT2D eigenvalue weighted by atomic mass is 35.5. The maximum atomic E-state index is 12.0. The van der Waals surface area contributed by atoms with Crippen LogP contribution >= 0.6 is 12.4 Å². The van der Waals surface area contributed by atoms with E-state index in [0.717, 1.165) is 12.8 Å². The van der Waals surface area contributed by atoms with E-state index in [1.807, 2.05) is 0 Å². The average Bonchev–Trinajstić information content (AvgIpc) is 2.49. The quantitative estimate of drug-likeness (QED) is 0.711. The van der Waals surface area contributed by atoms with Crippen LogP contribution in [0.5, 0.6) is 17.2 Å². The number of benzene rings is 1. The molecule has 3 N–H and O–H groups in total. The van der Waals surface area contributed by atoms with Gasteiger partial charge in [0, 0.05) is 12.1 Å². The van der Waals surface area contributed by atoms with Crippen molar-refractivity contribution in [2.75, 3.05) is 34.4 Å². The van der Waals surface area contributed by atoms with E-state index in [1.165, 1.54) is 21.3 Å². The Hall–Kier alpha value is -1.66. The van der Waals surface area contributed by atoms with E-state index in [-0.39, 0.29) is 18.3 Å². The molecule has 0 aliphatic rings. The van der Waals surface area contributed by atoms with E-state index in [0.29, 0.717) is 35.9 Å². The van der Waals surface area contributed by atoms with Gasteiger partial charge in [-0.15, -0.1) is 12.4 Å². The van der Waals surface area contributed by atoms with Crippen LogP contribution in [0.15, 0.2) is 12.1 Å². The molecule has 0 atom stereocenters. The van der Waals surface area contributed by atoms with Crippen molar-refractivity contribution in [3.8, 4) is 17.2 Å². The van der Waals surface area contributed by atoms with Gasteiger partial charge in [-0.05, 0) is 31.5 Å². The zero-order valence-electron chi connectivity index (χ0n) is 12.6. The molecular formula is C14H23ClN2O4. The van der Waals surface area contributed by atoms with Crippen molar-refractivity contribution in [3.63, 3.8) is 0 Å². The molecule has 0 aliphatic carbocycles. The number of carbonyl (C=O) groups excluding carboxylic acids is 1. The SMILES string of the molecule is COc1cc(C(=O)NCCCCN)cc(OC)c1OC.Cl. The van der Waals surface area contributed by atoms with Gasteiger partial charge in [-0.1, -0.05) is 0 Å². The van der Waals surface area contributed by atoms with E-state index in [4.69, 9.17) is 19.9 Å². The van der Waals surface area contributed by atoms with Crippen LogP contribution in [-0.2, 0) is 0 Å². The highest BCUT2D eigenvalue weighted by Crippen LogP contribution is 2.38. The first-order chi connectivity index (χ1) is 9.67. The first-order valence-electron chi connectivity index (χ1n) is 6.46. The summed E-state index contributed by atoms with van der Waals surface area (Å²) in [6, 6.07) is 3.25. The van der Waals surface area contributed by atoms with Crippen LogP contribution in [-0.4, -0.2) is 40.3 Å². The van der Waals surface area contributed by atoms with Crippen molar-refractivity contribution in [3.05, 3.63) is 17.7 Å². The Kier molecular flexibility index (Phi) is 9.32. The second-order valence-electron chi connectivity index (χ2n) is 4.17. The summed E-state index contributed by atoms with van der Waals surface area (Å²) in [5.74, 6) is 1.20. The number of nitrogens with one attached hydrogen (secondary N) is 1. The molecule has 0 unspecified atom stereocenters. The molecule has 0 spiro atoms. The highest BCUT2D eigenvalue weighted by molar-refractivity contribution is 5.95. The minimum Gasteiger partial charge on any atom is -0.493 e. The zero-order chi connectivity index (χ0) is 15.0. The van der Waals surface area contributed by atoms with Crippen LogP contribution in [0.3, 0.4) is 0 Å². The lowest BCUT2D eigenvalue weighted by atomic mass is 10.1. The smallest absolute Gasteiger partial charge is 0.251 e. The van der Waals surface area contributed by atoms with E-state index >= 15 is 0 Å². The largest absolute Gasteiger partial charge is 0.493 e. The normalized spacial score (nSPS) is 9.52. The number of carbonyl (C=O) groups is 1. The fraction of sp³-hybridized carbons (Fsp3) is 0.500. The molecular weight excluding hydrogens is 296 g/mol. The van der Waals surface area contributed by atoms with E-state index < -0.39 is 0 Å².